The monoisotopic (exact) mass is 243 g/mol. The number of rotatable bonds is 1. The fraction of sp³-hybridized carbons (Fsp3) is 0.0833. The Bertz CT molecular complexity index is 745. The Hall–Kier alpha value is -2.01. The lowest BCUT2D eigenvalue weighted by Gasteiger charge is -2.00. The fourth-order valence-corrected chi connectivity index (χ4v) is 2.32. The summed E-state index contributed by atoms with van der Waals surface area (Å²) in [5, 5.41) is 8.15. The molecular weight excluding hydrogens is 234 g/mol. The van der Waals surface area contributed by atoms with Crippen LogP contribution in [0.15, 0.2) is 35.1 Å². The third-order valence-corrected chi connectivity index (χ3v) is 3.31. The van der Waals surface area contributed by atoms with E-state index in [-0.39, 0.29) is 4.87 Å². The highest BCUT2D eigenvalue weighted by Crippen LogP contribution is 2.23. The van der Waals surface area contributed by atoms with Crippen LogP contribution >= 0.6 is 11.3 Å². The first-order chi connectivity index (χ1) is 8.22. The quantitative estimate of drug-likeness (QED) is 0.713. The Morgan fingerprint density at radius 3 is 2.88 bits per heavy atom. The van der Waals surface area contributed by atoms with E-state index in [0.717, 1.165) is 33.5 Å². The zero-order chi connectivity index (χ0) is 11.8. The molecule has 0 aliphatic heterocycles. The summed E-state index contributed by atoms with van der Waals surface area (Å²) in [6.45, 7) is 1.97. The summed E-state index contributed by atoms with van der Waals surface area (Å²) in [6, 6.07) is 9.87. The van der Waals surface area contributed by atoms with Crippen LogP contribution in [0.2, 0.25) is 0 Å². The van der Waals surface area contributed by atoms with Crippen molar-refractivity contribution in [3.63, 3.8) is 0 Å². The molecule has 0 spiro atoms. The molecule has 5 heteroatoms. The van der Waals surface area contributed by atoms with Crippen molar-refractivity contribution in [2.75, 3.05) is 0 Å². The number of hydrogen-bond donors (Lipinski definition) is 1. The van der Waals surface area contributed by atoms with Crippen LogP contribution < -0.4 is 4.87 Å². The van der Waals surface area contributed by atoms with Crippen LogP contribution in [-0.4, -0.2) is 15.2 Å². The molecule has 0 atom stereocenters. The minimum absolute atomic E-state index is 0.137. The third-order valence-electron chi connectivity index (χ3n) is 2.51. The molecule has 4 nitrogen and oxygen atoms in total. The third kappa shape index (κ3) is 1.85. The van der Waals surface area contributed by atoms with Crippen LogP contribution in [0.1, 0.15) is 5.69 Å². The number of aryl methyl sites for hydroxylation is 1. The van der Waals surface area contributed by atoms with Gasteiger partial charge in [-0.25, -0.2) is 5.10 Å². The molecule has 0 saturated heterocycles. The van der Waals surface area contributed by atoms with Crippen LogP contribution in [0, 0.1) is 6.92 Å². The number of aromatic nitrogens is 3. The maximum atomic E-state index is 11.1. The molecule has 0 fully saturated rings. The molecule has 17 heavy (non-hydrogen) atoms. The number of H-pyrrole nitrogens is 1. The van der Waals surface area contributed by atoms with Crippen molar-refractivity contribution >= 4 is 22.2 Å². The lowest BCUT2D eigenvalue weighted by Crippen LogP contribution is -1.90. The van der Waals surface area contributed by atoms with Crippen molar-refractivity contribution in [1.82, 2.24) is 15.2 Å². The van der Waals surface area contributed by atoms with Crippen LogP contribution in [0.3, 0.4) is 0 Å². The van der Waals surface area contributed by atoms with E-state index in [1.54, 1.807) is 0 Å². The Morgan fingerprint density at radius 2 is 2.12 bits per heavy atom. The van der Waals surface area contributed by atoms with E-state index in [4.69, 9.17) is 0 Å². The molecule has 3 rings (SSSR count). The van der Waals surface area contributed by atoms with Crippen molar-refractivity contribution in [3.05, 3.63) is 45.7 Å². The standard InChI is InChI=1S/C12H9N3OS/c1-7-2-3-8-6-9(4-5-10(8)13-7)11-14-15-12(16)17-11/h2-6H,1H3,(H,15,16). The summed E-state index contributed by atoms with van der Waals surface area (Å²) in [6.07, 6.45) is 0. The predicted octanol–water partition coefficient (Wildman–Crippen LogP) is 2.36. The van der Waals surface area contributed by atoms with Gasteiger partial charge in [0.15, 0.2) is 0 Å². The molecule has 1 aromatic carbocycles. The summed E-state index contributed by atoms with van der Waals surface area (Å²) >= 11 is 1.11. The van der Waals surface area contributed by atoms with Gasteiger partial charge in [0.25, 0.3) is 0 Å². The number of nitrogens with one attached hydrogen (secondary N) is 1. The first-order valence-electron chi connectivity index (χ1n) is 5.16. The zero-order valence-corrected chi connectivity index (χ0v) is 9.91. The van der Waals surface area contributed by atoms with Crippen molar-refractivity contribution in [2.45, 2.75) is 6.92 Å². The van der Waals surface area contributed by atoms with Gasteiger partial charge in [-0.1, -0.05) is 17.4 Å². The van der Waals surface area contributed by atoms with E-state index < -0.39 is 0 Å². The van der Waals surface area contributed by atoms with E-state index in [1.165, 1.54) is 0 Å². The van der Waals surface area contributed by atoms with Crippen LogP contribution in [0.5, 0.6) is 0 Å². The number of aromatic amines is 1. The second-order valence-corrected chi connectivity index (χ2v) is 4.74. The SMILES string of the molecule is Cc1ccc2cc(-c3n[nH]c(=O)s3)ccc2n1. The molecule has 0 aliphatic carbocycles. The van der Waals surface area contributed by atoms with Gasteiger partial charge in [-0.3, -0.25) is 9.78 Å². The maximum absolute atomic E-state index is 11.1. The van der Waals surface area contributed by atoms with Crippen LogP contribution in [0.4, 0.5) is 0 Å². The number of fused-ring (bicyclic) bond motifs is 1. The second kappa shape index (κ2) is 3.78. The van der Waals surface area contributed by atoms with Gasteiger partial charge in [0.2, 0.25) is 0 Å². The van der Waals surface area contributed by atoms with Crippen LogP contribution in [0.25, 0.3) is 21.5 Å². The number of benzene rings is 1. The zero-order valence-electron chi connectivity index (χ0n) is 9.10. The first kappa shape index (κ1) is 10.2. The van der Waals surface area contributed by atoms with Crippen molar-refractivity contribution in [3.8, 4) is 10.6 Å². The highest BCUT2D eigenvalue weighted by molar-refractivity contribution is 7.12. The Balaban J connectivity index is 2.20. The van der Waals surface area contributed by atoms with Crippen molar-refractivity contribution in [2.24, 2.45) is 0 Å². The highest BCUT2D eigenvalue weighted by Gasteiger charge is 2.04. The Morgan fingerprint density at radius 1 is 1.24 bits per heavy atom. The molecule has 0 radical (unpaired) electrons. The summed E-state index contributed by atoms with van der Waals surface area (Å²) in [7, 11) is 0. The van der Waals surface area contributed by atoms with Crippen LogP contribution in [-0.2, 0) is 0 Å². The lowest BCUT2D eigenvalue weighted by atomic mass is 10.1. The van der Waals surface area contributed by atoms with E-state index in [2.05, 4.69) is 15.2 Å². The largest absolute Gasteiger partial charge is 0.322 e. The van der Waals surface area contributed by atoms with Gasteiger partial charge in [-0.2, -0.15) is 5.10 Å². The number of pyridine rings is 1. The Labute approximate surface area is 101 Å². The summed E-state index contributed by atoms with van der Waals surface area (Å²) < 4.78 is 0. The minimum atomic E-state index is -0.137. The molecule has 0 unspecified atom stereocenters. The van der Waals surface area contributed by atoms with E-state index >= 15 is 0 Å². The van der Waals surface area contributed by atoms with Gasteiger partial charge < -0.3 is 0 Å². The molecule has 2 aromatic heterocycles. The summed E-state index contributed by atoms with van der Waals surface area (Å²) in [5.41, 5.74) is 2.89. The average Bonchev–Trinajstić information content (AvgIpc) is 2.75. The summed E-state index contributed by atoms with van der Waals surface area (Å²) in [5.74, 6) is 0. The van der Waals surface area contributed by atoms with E-state index in [1.807, 2.05) is 37.3 Å². The van der Waals surface area contributed by atoms with Gasteiger partial charge >= 0.3 is 4.87 Å². The molecule has 2 heterocycles. The molecule has 1 N–H and O–H groups in total. The van der Waals surface area contributed by atoms with Crippen molar-refractivity contribution in [1.29, 1.82) is 0 Å². The molecule has 84 valence electrons. The highest BCUT2D eigenvalue weighted by atomic mass is 32.1. The van der Waals surface area contributed by atoms with Gasteiger partial charge in [0, 0.05) is 16.6 Å². The first-order valence-corrected chi connectivity index (χ1v) is 5.97. The number of nitrogens with zero attached hydrogens (tertiary/aromatic N) is 2. The smallest absolute Gasteiger partial charge is 0.255 e. The molecular formula is C12H9N3OS. The van der Waals surface area contributed by atoms with Gasteiger partial charge in [0.05, 0.1) is 5.52 Å². The van der Waals surface area contributed by atoms with Gasteiger partial charge in [-0.05, 0) is 31.2 Å². The number of hydrogen-bond acceptors (Lipinski definition) is 4. The van der Waals surface area contributed by atoms with E-state index in [0.29, 0.717) is 5.01 Å². The normalized spacial score (nSPS) is 10.9. The Kier molecular flexibility index (Phi) is 2.26. The van der Waals surface area contributed by atoms with E-state index in [9.17, 15) is 4.79 Å². The molecule has 0 aliphatic rings. The molecule has 0 bridgehead atoms. The molecule has 0 saturated carbocycles. The van der Waals surface area contributed by atoms with Gasteiger partial charge in [-0.15, -0.1) is 0 Å². The van der Waals surface area contributed by atoms with Crippen molar-refractivity contribution < 1.29 is 0 Å². The minimum Gasteiger partial charge on any atom is -0.255 e. The average molecular weight is 243 g/mol. The molecule has 3 aromatic rings. The molecule has 0 amide bonds. The fourth-order valence-electron chi connectivity index (χ4n) is 1.71. The lowest BCUT2D eigenvalue weighted by molar-refractivity contribution is 1.06. The van der Waals surface area contributed by atoms with Gasteiger partial charge in [0.1, 0.15) is 5.01 Å². The second-order valence-electron chi connectivity index (χ2n) is 3.78. The topological polar surface area (TPSA) is 58.6 Å². The summed E-state index contributed by atoms with van der Waals surface area (Å²) in [4.78, 5) is 15.4. The predicted molar refractivity (Wildman–Crippen MR) is 68.2 cm³/mol. The maximum Gasteiger partial charge on any atom is 0.322 e.